The van der Waals surface area contributed by atoms with E-state index in [4.69, 9.17) is 5.11 Å². The molecule has 2 atom stereocenters. The molecule has 1 rings (SSSR count). The zero-order chi connectivity index (χ0) is 17.4. The van der Waals surface area contributed by atoms with E-state index in [1.807, 2.05) is 6.92 Å². The number of hydrogen-bond acceptors (Lipinski definition) is 3. The molecule has 2 amide bonds. The molecular formula is C16H21FN2O4. The molecule has 0 fully saturated rings. The summed E-state index contributed by atoms with van der Waals surface area (Å²) < 4.78 is 13.4. The van der Waals surface area contributed by atoms with Crippen molar-refractivity contribution >= 4 is 23.5 Å². The second-order valence-electron chi connectivity index (χ2n) is 5.30. The Morgan fingerprint density at radius 2 is 1.78 bits per heavy atom. The van der Waals surface area contributed by atoms with Crippen LogP contribution in [0.2, 0.25) is 0 Å². The lowest BCUT2D eigenvalue weighted by atomic mass is 9.99. The van der Waals surface area contributed by atoms with Crippen molar-refractivity contribution in [2.45, 2.75) is 39.2 Å². The molecule has 0 aliphatic rings. The van der Waals surface area contributed by atoms with E-state index in [-0.39, 0.29) is 24.4 Å². The Labute approximate surface area is 134 Å². The average Bonchev–Trinajstić information content (AvgIpc) is 2.51. The van der Waals surface area contributed by atoms with E-state index in [9.17, 15) is 18.8 Å². The number of carbonyl (C=O) groups excluding carboxylic acids is 2. The summed E-state index contributed by atoms with van der Waals surface area (Å²) in [6.45, 7) is 3.55. The molecule has 23 heavy (non-hydrogen) atoms. The first-order chi connectivity index (χ1) is 10.8. The standard InChI is InChI=1S/C16H21FN2O4/c1-3-10(2)15(16(22)23)19-14(21)9-8-13(20)18-12-7-5-4-6-11(12)17/h4-7,10,15H,3,8-9H2,1-2H3,(H,18,20)(H,19,21)(H,22,23). The monoisotopic (exact) mass is 324 g/mol. The molecular weight excluding hydrogens is 303 g/mol. The molecule has 6 nitrogen and oxygen atoms in total. The Bertz CT molecular complexity index is 577. The van der Waals surface area contributed by atoms with E-state index in [2.05, 4.69) is 10.6 Å². The van der Waals surface area contributed by atoms with Gasteiger partial charge < -0.3 is 15.7 Å². The van der Waals surface area contributed by atoms with E-state index in [0.717, 1.165) is 0 Å². The number of carboxylic acid groups (broad SMARTS) is 1. The van der Waals surface area contributed by atoms with Gasteiger partial charge in [-0.05, 0) is 18.1 Å². The molecule has 1 aromatic rings. The molecule has 3 N–H and O–H groups in total. The number of carboxylic acids is 1. The van der Waals surface area contributed by atoms with Gasteiger partial charge in [-0.2, -0.15) is 0 Å². The highest BCUT2D eigenvalue weighted by Crippen LogP contribution is 2.13. The van der Waals surface area contributed by atoms with Crippen molar-refractivity contribution in [3.05, 3.63) is 30.1 Å². The van der Waals surface area contributed by atoms with Crippen LogP contribution in [0.3, 0.4) is 0 Å². The van der Waals surface area contributed by atoms with Crippen molar-refractivity contribution in [2.75, 3.05) is 5.32 Å². The lowest BCUT2D eigenvalue weighted by molar-refractivity contribution is -0.143. The second kappa shape index (κ2) is 8.87. The smallest absolute Gasteiger partial charge is 0.326 e. The minimum absolute atomic E-state index is 0.0425. The van der Waals surface area contributed by atoms with Crippen LogP contribution in [-0.4, -0.2) is 28.9 Å². The third-order valence-electron chi connectivity index (χ3n) is 3.52. The highest BCUT2D eigenvalue weighted by molar-refractivity contribution is 5.93. The third kappa shape index (κ3) is 6.06. The molecule has 0 bridgehead atoms. The molecule has 1 aromatic carbocycles. The fourth-order valence-electron chi connectivity index (χ4n) is 1.93. The van der Waals surface area contributed by atoms with Crippen molar-refractivity contribution in [3.8, 4) is 0 Å². The molecule has 7 heteroatoms. The van der Waals surface area contributed by atoms with Crippen molar-refractivity contribution in [1.29, 1.82) is 0 Å². The molecule has 2 unspecified atom stereocenters. The zero-order valence-corrected chi connectivity index (χ0v) is 13.1. The first-order valence-corrected chi connectivity index (χ1v) is 7.41. The topological polar surface area (TPSA) is 95.5 Å². The summed E-state index contributed by atoms with van der Waals surface area (Å²) in [4.78, 5) is 34.6. The largest absolute Gasteiger partial charge is 0.480 e. The summed E-state index contributed by atoms with van der Waals surface area (Å²) in [5.41, 5.74) is 0.0425. The van der Waals surface area contributed by atoms with Crippen LogP contribution in [0.1, 0.15) is 33.1 Å². The Balaban J connectivity index is 2.47. The Hall–Kier alpha value is -2.44. The fourth-order valence-corrected chi connectivity index (χ4v) is 1.93. The van der Waals surface area contributed by atoms with Gasteiger partial charge in [0.2, 0.25) is 11.8 Å². The lowest BCUT2D eigenvalue weighted by Crippen LogP contribution is -2.45. The average molecular weight is 324 g/mol. The van der Waals surface area contributed by atoms with Crippen LogP contribution in [0.15, 0.2) is 24.3 Å². The Morgan fingerprint density at radius 1 is 1.17 bits per heavy atom. The van der Waals surface area contributed by atoms with Gasteiger partial charge in [-0.15, -0.1) is 0 Å². The molecule has 0 aliphatic carbocycles. The van der Waals surface area contributed by atoms with E-state index >= 15 is 0 Å². The number of nitrogens with one attached hydrogen (secondary N) is 2. The number of para-hydroxylation sites is 1. The number of amides is 2. The van der Waals surface area contributed by atoms with Crippen LogP contribution in [0.5, 0.6) is 0 Å². The van der Waals surface area contributed by atoms with Crippen molar-refractivity contribution in [1.82, 2.24) is 5.32 Å². The van der Waals surface area contributed by atoms with Gasteiger partial charge in [0.25, 0.3) is 0 Å². The third-order valence-corrected chi connectivity index (χ3v) is 3.52. The SMILES string of the molecule is CCC(C)C(NC(=O)CCC(=O)Nc1ccccc1F)C(=O)O. The van der Waals surface area contributed by atoms with Gasteiger partial charge in [0.05, 0.1) is 5.69 Å². The number of carbonyl (C=O) groups is 3. The maximum absolute atomic E-state index is 13.4. The zero-order valence-electron chi connectivity index (χ0n) is 13.1. The molecule has 0 aliphatic heterocycles. The van der Waals surface area contributed by atoms with Crippen LogP contribution in [0, 0.1) is 11.7 Å². The number of hydrogen-bond donors (Lipinski definition) is 3. The Kier molecular flexibility index (Phi) is 7.18. The highest BCUT2D eigenvalue weighted by atomic mass is 19.1. The van der Waals surface area contributed by atoms with Gasteiger partial charge in [-0.25, -0.2) is 9.18 Å². The second-order valence-corrected chi connectivity index (χ2v) is 5.30. The summed E-state index contributed by atoms with van der Waals surface area (Å²) in [7, 11) is 0. The van der Waals surface area contributed by atoms with Crippen LogP contribution in [0.4, 0.5) is 10.1 Å². The van der Waals surface area contributed by atoms with Gasteiger partial charge in [-0.3, -0.25) is 9.59 Å². The van der Waals surface area contributed by atoms with E-state index < -0.39 is 29.6 Å². The number of aliphatic carboxylic acids is 1. The quantitative estimate of drug-likeness (QED) is 0.683. The van der Waals surface area contributed by atoms with Gasteiger partial charge in [0.15, 0.2) is 0 Å². The summed E-state index contributed by atoms with van der Waals surface area (Å²) in [5.74, 6) is -2.93. The number of benzene rings is 1. The first kappa shape index (κ1) is 18.6. The van der Waals surface area contributed by atoms with Crippen LogP contribution < -0.4 is 10.6 Å². The minimum Gasteiger partial charge on any atom is -0.480 e. The minimum atomic E-state index is -1.11. The first-order valence-electron chi connectivity index (χ1n) is 7.41. The summed E-state index contributed by atoms with van der Waals surface area (Å²) in [6.07, 6.45) is 0.276. The van der Waals surface area contributed by atoms with Crippen molar-refractivity contribution < 1.29 is 23.9 Å². The van der Waals surface area contributed by atoms with E-state index in [1.54, 1.807) is 13.0 Å². The van der Waals surface area contributed by atoms with Gasteiger partial charge in [0.1, 0.15) is 11.9 Å². The molecule has 0 spiro atoms. The molecule has 0 saturated carbocycles. The number of rotatable bonds is 8. The van der Waals surface area contributed by atoms with Crippen LogP contribution >= 0.6 is 0 Å². The van der Waals surface area contributed by atoms with Crippen molar-refractivity contribution in [2.24, 2.45) is 5.92 Å². The highest BCUT2D eigenvalue weighted by Gasteiger charge is 2.25. The molecule has 0 aromatic heterocycles. The van der Waals surface area contributed by atoms with Gasteiger partial charge in [0, 0.05) is 12.8 Å². The summed E-state index contributed by atoms with van der Waals surface area (Å²) in [5, 5.41) is 13.9. The summed E-state index contributed by atoms with van der Waals surface area (Å²) in [6, 6.07) is 4.72. The predicted octanol–water partition coefficient (Wildman–Crippen LogP) is 2.16. The normalized spacial score (nSPS) is 13.0. The molecule has 0 radical (unpaired) electrons. The van der Waals surface area contributed by atoms with E-state index in [0.29, 0.717) is 6.42 Å². The van der Waals surface area contributed by atoms with Crippen molar-refractivity contribution in [3.63, 3.8) is 0 Å². The fraction of sp³-hybridized carbons (Fsp3) is 0.438. The van der Waals surface area contributed by atoms with E-state index in [1.165, 1.54) is 18.2 Å². The van der Waals surface area contributed by atoms with Gasteiger partial charge in [-0.1, -0.05) is 32.4 Å². The predicted molar refractivity (Wildman–Crippen MR) is 83.3 cm³/mol. The molecule has 0 saturated heterocycles. The lowest BCUT2D eigenvalue weighted by Gasteiger charge is -2.20. The van der Waals surface area contributed by atoms with Crippen LogP contribution in [0.25, 0.3) is 0 Å². The maximum atomic E-state index is 13.4. The summed E-state index contributed by atoms with van der Waals surface area (Å²) >= 11 is 0. The number of halogens is 1. The maximum Gasteiger partial charge on any atom is 0.326 e. The number of anilines is 1. The van der Waals surface area contributed by atoms with Gasteiger partial charge >= 0.3 is 5.97 Å². The molecule has 126 valence electrons. The molecule has 0 heterocycles. The van der Waals surface area contributed by atoms with Crippen LogP contribution in [-0.2, 0) is 14.4 Å². The Morgan fingerprint density at radius 3 is 2.35 bits per heavy atom.